The zero-order chi connectivity index (χ0) is 11.8. The van der Waals surface area contributed by atoms with Crippen LogP contribution >= 0.6 is 15.9 Å². The van der Waals surface area contributed by atoms with Crippen LogP contribution in [0.1, 0.15) is 58.3 Å². The van der Waals surface area contributed by atoms with Crippen LogP contribution in [0.4, 0.5) is 0 Å². The molecule has 1 unspecified atom stereocenters. The van der Waals surface area contributed by atoms with Crippen LogP contribution in [0.3, 0.4) is 0 Å². The lowest BCUT2D eigenvalue weighted by molar-refractivity contribution is -0.122. The summed E-state index contributed by atoms with van der Waals surface area (Å²) in [6.07, 6.45) is 9.41. The summed E-state index contributed by atoms with van der Waals surface area (Å²) in [7, 11) is 0. The average Bonchev–Trinajstić information content (AvgIpc) is 2.30. The summed E-state index contributed by atoms with van der Waals surface area (Å²) in [5.74, 6) is 0.905. The van der Waals surface area contributed by atoms with Gasteiger partial charge in [-0.05, 0) is 31.6 Å². The number of nitrogens with one attached hydrogen (secondary N) is 1. The van der Waals surface area contributed by atoms with Crippen molar-refractivity contribution in [2.45, 2.75) is 63.1 Å². The first-order valence-electron chi connectivity index (χ1n) is 6.63. The highest BCUT2D eigenvalue weighted by Gasteiger charge is 2.16. The zero-order valence-electron chi connectivity index (χ0n) is 10.3. The van der Waals surface area contributed by atoms with Crippen LogP contribution in [0, 0.1) is 5.92 Å². The zero-order valence-corrected chi connectivity index (χ0v) is 11.9. The summed E-state index contributed by atoms with van der Waals surface area (Å²) in [6.45, 7) is 2.97. The maximum atomic E-state index is 11.7. The van der Waals surface area contributed by atoms with E-state index in [1.54, 1.807) is 0 Å². The molecule has 0 radical (unpaired) electrons. The average molecular weight is 290 g/mol. The smallest absolute Gasteiger partial charge is 0.220 e. The van der Waals surface area contributed by atoms with Crippen molar-refractivity contribution in [2.75, 3.05) is 6.54 Å². The minimum absolute atomic E-state index is 0.253. The van der Waals surface area contributed by atoms with Gasteiger partial charge in [0.05, 0.1) is 0 Å². The molecule has 1 fully saturated rings. The summed E-state index contributed by atoms with van der Waals surface area (Å²) in [4.78, 5) is 12.2. The molecule has 0 aromatic rings. The standard InChI is InChI=1S/C13H24BrNO/c1-2-12(14)8-9-15-13(16)10-11-6-4-3-5-7-11/h11-12H,2-10H2,1H3,(H,15,16). The van der Waals surface area contributed by atoms with E-state index in [9.17, 15) is 4.79 Å². The summed E-state index contributed by atoms with van der Waals surface area (Å²) < 4.78 is 0. The van der Waals surface area contributed by atoms with Crippen molar-refractivity contribution in [3.05, 3.63) is 0 Å². The van der Waals surface area contributed by atoms with Gasteiger partial charge in [0, 0.05) is 17.8 Å². The largest absolute Gasteiger partial charge is 0.356 e. The molecule has 1 amide bonds. The van der Waals surface area contributed by atoms with Crippen LogP contribution in [0.25, 0.3) is 0 Å². The van der Waals surface area contributed by atoms with E-state index in [4.69, 9.17) is 0 Å². The third-order valence-electron chi connectivity index (χ3n) is 3.42. The second-order valence-corrected chi connectivity index (χ2v) is 6.15. The highest BCUT2D eigenvalue weighted by molar-refractivity contribution is 9.09. The Morgan fingerprint density at radius 2 is 2.06 bits per heavy atom. The van der Waals surface area contributed by atoms with E-state index >= 15 is 0 Å². The van der Waals surface area contributed by atoms with Gasteiger partial charge < -0.3 is 5.32 Å². The van der Waals surface area contributed by atoms with Crippen molar-refractivity contribution < 1.29 is 4.79 Å². The summed E-state index contributed by atoms with van der Waals surface area (Å²) >= 11 is 3.57. The van der Waals surface area contributed by atoms with Crippen molar-refractivity contribution in [1.82, 2.24) is 5.32 Å². The van der Waals surface area contributed by atoms with Crippen LogP contribution in [-0.4, -0.2) is 17.3 Å². The van der Waals surface area contributed by atoms with Crippen LogP contribution in [0.2, 0.25) is 0 Å². The van der Waals surface area contributed by atoms with E-state index in [1.807, 2.05) is 0 Å². The highest BCUT2D eigenvalue weighted by atomic mass is 79.9. The monoisotopic (exact) mass is 289 g/mol. The maximum Gasteiger partial charge on any atom is 0.220 e. The van der Waals surface area contributed by atoms with Gasteiger partial charge in [-0.1, -0.05) is 42.1 Å². The second-order valence-electron chi connectivity index (χ2n) is 4.85. The first-order valence-corrected chi connectivity index (χ1v) is 7.54. The Bertz CT molecular complexity index is 202. The van der Waals surface area contributed by atoms with E-state index in [-0.39, 0.29) is 5.91 Å². The van der Waals surface area contributed by atoms with Gasteiger partial charge in [-0.2, -0.15) is 0 Å². The molecule has 1 atom stereocenters. The van der Waals surface area contributed by atoms with Crippen molar-refractivity contribution in [3.8, 4) is 0 Å². The number of hydrogen-bond acceptors (Lipinski definition) is 1. The number of carbonyl (C=O) groups excluding carboxylic acids is 1. The number of rotatable bonds is 6. The molecular weight excluding hydrogens is 266 g/mol. The third kappa shape index (κ3) is 5.88. The fourth-order valence-electron chi connectivity index (χ4n) is 2.30. The molecule has 3 heteroatoms. The molecule has 1 aliphatic carbocycles. The fraction of sp³-hybridized carbons (Fsp3) is 0.923. The Balaban J connectivity index is 2.05. The summed E-state index contributed by atoms with van der Waals surface area (Å²) in [5, 5.41) is 3.03. The molecule has 0 saturated heterocycles. The lowest BCUT2D eigenvalue weighted by Crippen LogP contribution is -2.28. The SMILES string of the molecule is CCC(Br)CCNC(=O)CC1CCCCC1. The molecule has 0 spiro atoms. The van der Waals surface area contributed by atoms with Gasteiger partial charge in [0.15, 0.2) is 0 Å². The van der Waals surface area contributed by atoms with Crippen molar-refractivity contribution in [1.29, 1.82) is 0 Å². The Kier molecular flexibility index (Phi) is 7.10. The molecule has 0 bridgehead atoms. The van der Waals surface area contributed by atoms with Gasteiger partial charge in [0.25, 0.3) is 0 Å². The van der Waals surface area contributed by atoms with Crippen molar-refractivity contribution in [3.63, 3.8) is 0 Å². The van der Waals surface area contributed by atoms with Gasteiger partial charge in [-0.25, -0.2) is 0 Å². The Morgan fingerprint density at radius 1 is 1.38 bits per heavy atom. The first-order chi connectivity index (χ1) is 7.72. The Hall–Kier alpha value is -0.0500. The molecule has 1 saturated carbocycles. The lowest BCUT2D eigenvalue weighted by atomic mass is 9.87. The maximum absolute atomic E-state index is 11.7. The molecule has 16 heavy (non-hydrogen) atoms. The van der Waals surface area contributed by atoms with Crippen LogP contribution < -0.4 is 5.32 Å². The lowest BCUT2D eigenvalue weighted by Gasteiger charge is -2.20. The predicted octanol–water partition coefficient (Wildman–Crippen LogP) is 3.64. The molecule has 1 aliphatic rings. The van der Waals surface area contributed by atoms with Crippen LogP contribution in [0.5, 0.6) is 0 Å². The second kappa shape index (κ2) is 8.10. The number of alkyl halides is 1. The molecule has 1 N–H and O–H groups in total. The summed E-state index contributed by atoms with van der Waals surface area (Å²) in [5.41, 5.74) is 0. The van der Waals surface area contributed by atoms with E-state index in [0.29, 0.717) is 10.7 Å². The minimum Gasteiger partial charge on any atom is -0.356 e. The Labute approximate surface area is 108 Å². The van der Waals surface area contributed by atoms with E-state index < -0.39 is 0 Å². The number of carbonyl (C=O) groups is 1. The number of amides is 1. The van der Waals surface area contributed by atoms with Gasteiger partial charge in [0.2, 0.25) is 5.91 Å². The molecule has 2 nitrogen and oxygen atoms in total. The minimum atomic E-state index is 0.253. The highest BCUT2D eigenvalue weighted by Crippen LogP contribution is 2.26. The van der Waals surface area contributed by atoms with Crippen LogP contribution in [-0.2, 0) is 4.79 Å². The van der Waals surface area contributed by atoms with Gasteiger partial charge >= 0.3 is 0 Å². The Morgan fingerprint density at radius 3 is 2.69 bits per heavy atom. The molecule has 94 valence electrons. The van der Waals surface area contributed by atoms with Gasteiger partial charge in [-0.3, -0.25) is 4.79 Å². The normalized spacial score (nSPS) is 19.4. The fourth-order valence-corrected chi connectivity index (χ4v) is 2.53. The third-order valence-corrected chi connectivity index (χ3v) is 4.53. The van der Waals surface area contributed by atoms with E-state index in [0.717, 1.165) is 25.8 Å². The number of halogens is 1. The van der Waals surface area contributed by atoms with Gasteiger partial charge in [-0.15, -0.1) is 0 Å². The molecular formula is C13H24BrNO. The molecule has 1 rings (SSSR count). The molecule has 0 aromatic carbocycles. The molecule has 0 heterocycles. The van der Waals surface area contributed by atoms with E-state index in [1.165, 1.54) is 32.1 Å². The molecule has 0 aromatic heterocycles. The van der Waals surface area contributed by atoms with E-state index in [2.05, 4.69) is 28.2 Å². The first kappa shape index (κ1) is 14.0. The van der Waals surface area contributed by atoms with Crippen molar-refractivity contribution in [2.24, 2.45) is 5.92 Å². The quantitative estimate of drug-likeness (QED) is 0.743. The predicted molar refractivity (Wildman–Crippen MR) is 71.8 cm³/mol. The van der Waals surface area contributed by atoms with Crippen molar-refractivity contribution >= 4 is 21.8 Å². The van der Waals surface area contributed by atoms with Gasteiger partial charge in [0.1, 0.15) is 0 Å². The summed E-state index contributed by atoms with van der Waals surface area (Å²) in [6, 6.07) is 0. The molecule has 0 aliphatic heterocycles. The topological polar surface area (TPSA) is 29.1 Å². The number of hydrogen-bond donors (Lipinski definition) is 1. The van der Waals surface area contributed by atoms with Crippen LogP contribution in [0.15, 0.2) is 0 Å².